The number of hydrogen-bond acceptors (Lipinski definition) is 2. The van der Waals surface area contributed by atoms with Crippen LogP contribution in [-0.2, 0) is 0 Å². The van der Waals surface area contributed by atoms with Crippen molar-refractivity contribution in [2.24, 2.45) is 0 Å². The van der Waals surface area contributed by atoms with Crippen LogP contribution in [0.25, 0.3) is 0 Å². The third-order valence-corrected chi connectivity index (χ3v) is 2.20. The zero-order chi connectivity index (χ0) is 11.3. The molecule has 1 aromatic carbocycles. The first kappa shape index (κ1) is 11.9. The Morgan fingerprint density at radius 2 is 2.13 bits per heavy atom. The molecule has 2 nitrogen and oxygen atoms in total. The lowest BCUT2D eigenvalue weighted by atomic mass is 10.2. The van der Waals surface area contributed by atoms with Gasteiger partial charge in [0.1, 0.15) is 5.82 Å². The second kappa shape index (κ2) is 5.66. The van der Waals surface area contributed by atoms with Crippen molar-refractivity contribution in [1.29, 1.82) is 0 Å². The molecule has 0 fully saturated rings. The van der Waals surface area contributed by atoms with E-state index in [1.807, 2.05) is 14.0 Å². The first-order valence-electron chi connectivity index (χ1n) is 4.88. The Morgan fingerprint density at radius 1 is 1.40 bits per heavy atom. The Bertz CT molecular complexity index is 317. The Labute approximate surface area is 88.3 Å². The molecule has 0 aliphatic rings. The average Bonchev–Trinajstić information content (AvgIpc) is 2.21. The lowest BCUT2D eigenvalue weighted by Gasteiger charge is -2.11. The minimum absolute atomic E-state index is 0.0969. The summed E-state index contributed by atoms with van der Waals surface area (Å²) in [7, 11) is 1.85. The molecule has 4 heteroatoms. The molecule has 1 rings (SSSR count). The molecule has 1 aromatic rings. The summed E-state index contributed by atoms with van der Waals surface area (Å²) < 4.78 is 30.8. The third-order valence-electron chi connectivity index (χ3n) is 2.20. The van der Waals surface area contributed by atoms with Crippen LogP contribution in [0.3, 0.4) is 0 Å². The van der Waals surface area contributed by atoms with Crippen LogP contribution in [0.5, 0.6) is 5.75 Å². The van der Waals surface area contributed by atoms with Crippen LogP contribution < -0.4 is 10.1 Å². The van der Waals surface area contributed by atoms with Crippen LogP contribution in [0.4, 0.5) is 8.78 Å². The first-order chi connectivity index (χ1) is 7.13. The van der Waals surface area contributed by atoms with Crippen molar-refractivity contribution in [3.63, 3.8) is 0 Å². The topological polar surface area (TPSA) is 21.3 Å². The van der Waals surface area contributed by atoms with E-state index in [0.29, 0.717) is 12.6 Å². The van der Waals surface area contributed by atoms with Crippen molar-refractivity contribution in [2.75, 3.05) is 13.7 Å². The second-order valence-corrected chi connectivity index (χ2v) is 3.40. The van der Waals surface area contributed by atoms with Gasteiger partial charge in [0.25, 0.3) is 0 Å². The number of nitrogens with one attached hydrogen (secondary N) is 1. The van der Waals surface area contributed by atoms with Gasteiger partial charge in [-0.05, 0) is 32.5 Å². The third kappa shape index (κ3) is 3.83. The van der Waals surface area contributed by atoms with Crippen molar-refractivity contribution in [1.82, 2.24) is 5.32 Å². The maximum absolute atomic E-state index is 13.1. The summed E-state index contributed by atoms with van der Waals surface area (Å²) in [5.41, 5.74) is 0. The van der Waals surface area contributed by atoms with Gasteiger partial charge in [-0.3, -0.25) is 0 Å². The fourth-order valence-corrected chi connectivity index (χ4v) is 1.08. The highest BCUT2D eigenvalue weighted by Gasteiger charge is 2.05. The molecule has 0 spiro atoms. The number of halogens is 2. The van der Waals surface area contributed by atoms with E-state index in [1.165, 1.54) is 12.1 Å². The monoisotopic (exact) mass is 215 g/mol. The van der Waals surface area contributed by atoms with Crippen molar-refractivity contribution >= 4 is 0 Å². The predicted molar refractivity (Wildman–Crippen MR) is 55.0 cm³/mol. The van der Waals surface area contributed by atoms with Crippen LogP contribution >= 0.6 is 0 Å². The molecule has 84 valence electrons. The first-order valence-corrected chi connectivity index (χ1v) is 4.88. The lowest BCUT2D eigenvalue weighted by Crippen LogP contribution is -2.23. The van der Waals surface area contributed by atoms with E-state index >= 15 is 0 Å². The largest absolute Gasteiger partial charge is 0.490 e. The molecule has 0 saturated carbocycles. The zero-order valence-corrected chi connectivity index (χ0v) is 8.89. The lowest BCUT2D eigenvalue weighted by molar-refractivity contribution is 0.279. The maximum Gasteiger partial charge on any atom is 0.167 e. The van der Waals surface area contributed by atoms with Crippen molar-refractivity contribution in [2.45, 2.75) is 19.4 Å². The summed E-state index contributed by atoms with van der Waals surface area (Å²) in [6.07, 6.45) is 0.771. The molecule has 0 bridgehead atoms. The summed E-state index contributed by atoms with van der Waals surface area (Å²) in [5, 5.41) is 3.04. The van der Waals surface area contributed by atoms with Gasteiger partial charge in [0.2, 0.25) is 0 Å². The molecule has 1 unspecified atom stereocenters. The molecule has 1 N–H and O–H groups in total. The maximum atomic E-state index is 13.1. The second-order valence-electron chi connectivity index (χ2n) is 3.40. The van der Waals surface area contributed by atoms with Gasteiger partial charge in [-0.2, -0.15) is 0 Å². The van der Waals surface area contributed by atoms with E-state index in [1.54, 1.807) is 0 Å². The Morgan fingerprint density at radius 3 is 2.73 bits per heavy atom. The van der Waals surface area contributed by atoms with Gasteiger partial charge in [-0.1, -0.05) is 0 Å². The molecule has 0 aromatic heterocycles. The fourth-order valence-electron chi connectivity index (χ4n) is 1.08. The van der Waals surface area contributed by atoms with Gasteiger partial charge in [-0.15, -0.1) is 0 Å². The zero-order valence-electron chi connectivity index (χ0n) is 8.89. The summed E-state index contributed by atoms with van der Waals surface area (Å²) in [5.74, 6) is -1.16. The summed E-state index contributed by atoms with van der Waals surface area (Å²) in [4.78, 5) is 0. The van der Waals surface area contributed by atoms with E-state index in [-0.39, 0.29) is 5.75 Å². The molecule has 0 aliphatic carbocycles. The number of benzene rings is 1. The smallest absolute Gasteiger partial charge is 0.167 e. The minimum atomic E-state index is -0.660. The normalized spacial score (nSPS) is 12.5. The summed E-state index contributed by atoms with van der Waals surface area (Å²) >= 11 is 0. The number of hydrogen-bond donors (Lipinski definition) is 1. The van der Waals surface area contributed by atoms with Gasteiger partial charge in [0, 0.05) is 12.1 Å². The summed E-state index contributed by atoms with van der Waals surface area (Å²) in [6.45, 7) is 2.41. The van der Waals surface area contributed by atoms with Crippen LogP contribution in [-0.4, -0.2) is 19.7 Å². The standard InChI is InChI=1S/C11H15F2NO/c1-8(14-2)5-6-15-11-4-3-9(12)7-10(11)13/h3-4,7-8,14H,5-6H2,1-2H3. The molecule has 0 heterocycles. The number of rotatable bonds is 5. The molecule has 0 radical (unpaired) electrons. The van der Waals surface area contributed by atoms with Gasteiger partial charge >= 0.3 is 0 Å². The van der Waals surface area contributed by atoms with E-state index in [0.717, 1.165) is 12.5 Å². The van der Waals surface area contributed by atoms with E-state index in [2.05, 4.69) is 5.32 Å². The Balaban J connectivity index is 2.44. The molecule has 0 amide bonds. The molecular weight excluding hydrogens is 200 g/mol. The van der Waals surface area contributed by atoms with Crippen molar-refractivity contribution in [3.05, 3.63) is 29.8 Å². The highest BCUT2D eigenvalue weighted by molar-refractivity contribution is 5.24. The van der Waals surface area contributed by atoms with Crippen LogP contribution in [0.2, 0.25) is 0 Å². The van der Waals surface area contributed by atoms with Gasteiger partial charge in [0.15, 0.2) is 11.6 Å². The van der Waals surface area contributed by atoms with E-state index < -0.39 is 11.6 Å². The van der Waals surface area contributed by atoms with Crippen LogP contribution in [0.1, 0.15) is 13.3 Å². The number of ether oxygens (including phenoxy) is 1. The molecule has 0 saturated heterocycles. The quantitative estimate of drug-likeness (QED) is 0.814. The predicted octanol–water partition coefficient (Wildman–Crippen LogP) is 2.34. The fraction of sp³-hybridized carbons (Fsp3) is 0.455. The Hall–Kier alpha value is -1.16. The van der Waals surface area contributed by atoms with Crippen molar-refractivity contribution < 1.29 is 13.5 Å². The minimum Gasteiger partial charge on any atom is -0.490 e. The van der Waals surface area contributed by atoms with Gasteiger partial charge in [0.05, 0.1) is 6.61 Å². The molecule has 0 aliphatic heterocycles. The molecule has 15 heavy (non-hydrogen) atoms. The highest BCUT2D eigenvalue weighted by Crippen LogP contribution is 2.17. The van der Waals surface area contributed by atoms with Crippen LogP contribution in [0.15, 0.2) is 18.2 Å². The highest BCUT2D eigenvalue weighted by atomic mass is 19.1. The van der Waals surface area contributed by atoms with Crippen molar-refractivity contribution in [3.8, 4) is 5.75 Å². The van der Waals surface area contributed by atoms with E-state index in [4.69, 9.17) is 4.74 Å². The summed E-state index contributed by atoms with van der Waals surface area (Å²) in [6, 6.07) is 3.61. The van der Waals surface area contributed by atoms with Crippen LogP contribution in [0, 0.1) is 11.6 Å². The molecule has 1 atom stereocenters. The van der Waals surface area contributed by atoms with Gasteiger partial charge in [-0.25, -0.2) is 8.78 Å². The average molecular weight is 215 g/mol. The SMILES string of the molecule is CNC(C)CCOc1ccc(F)cc1F. The Kier molecular flexibility index (Phi) is 4.49. The van der Waals surface area contributed by atoms with Gasteiger partial charge < -0.3 is 10.1 Å². The van der Waals surface area contributed by atoms with E-state index in [9.17, 15) is 8.78 Å². The molecular formula is C11H15F2NO.